The number of hydrogen-bond donors (Lipinski definition) is 2. The van der Waals surface area contributed by atoms with Gasteiger partial charge in [0.25, 0.3) is 0 Å². The molecule has 2 rings (SSSR count). The quantitative estimate of drug-likeness (QED) is 0.587. The Balaban J connectivity index is 1.83. The lowest BCUT2D eigenvalue weighted by molar-refractivity contribution is 0.288. The van der Waals surface area contributed by atoms with Gasteiger partial charge in [-0.1, -0.05) is 19.8 Å². The average molecular weight is 349 g/mol. The van der Waals surface area contributed by atoms with E-state index in [2.05, 4.69) is 52.8 Å². The van der Waals surface area contributed by atoms with Gasteiger partial charge in [0.2, 0.25) is 0 Å². The number of aromatic nitrogens is 2. The molecule has 1 fully saturated rings. The molecule has 6 heteroatoms. The van der Waals surface area contributed by atoms with Gasteiger partial charge in [-0.05, 0) is 45.7 Å². The first kappa shape index (κ1) is 19.8. The van der Waals surface area contributed by atoms with Crippen molar-refractivity contribution in [2.75, 3.05) is 27.7 Å². The summed E-state index contributed by atoms with van der Waals surface area (Å²) >= 11 is 0. The summed E-state index contributed by atoms with van der Waals surface area (Å²) in [5.74, 6) is 1.84. The van der Waals surface area contributed by atoms with Crippen molar-refractivity contribution >= 4 is 5.96 Å². The zero-order valence-corrected chi connectivity index (χ0v) is 16.6. The molecule has 6 nitrogen and oxygen atoms in total. The Morgan fingerprint density at radius 1 is 1.36 bits per heavy atom. The van der Waals surface area contributed by atoms with Crippen molar-refractivity contribution in [3.8, 4) is 0 Å². The molecule has 0 radical (unpaired) electrons. The van der Waals surface area contributed by atoms with Crippen LogP contribution in [0, 0.1) is 5.92 Å². The molecule has 1 saturated carbocycles. The highest BCUT2D eigenvalue weighted by Gasteiger charge is 2.22. The second-order valence-electron chi connectivity index (χ2n) is 7.53. The van der Waals surface area contributed by atoms with Gasteiger partial charge in [0, 0.05) is 38.4 Å². The summed E-state index contributed by atoms with van der Waals surface area (Å²) in [5.41, 5.74) is 1.22. The molecule has 142 valence electrons. The second-order valence-corrected chi connectivity index (χ2v) is 7.53. The predicted octanol–water partition coefficient (Wildman–Crippen LogP) is 2.55. The van der Waals surface area contributed by atoms with Gasteiger partial charge in [-0.15, -0.1) is 0 Å². The molecule has 1 unspecified atom stereocenters. The minimum Gasteiger partial charge on any atom is -0.354 e. The maximum atomic E-state index is 4.42. The summed E-state index contributed by atoms with van der Waals surface area (Å²) in [6.45, 7) is 3.10. The van der Waals surface area contributed by atoms with Crippen molar-refractivity contribution in [2.45, 2.75) is 57.5 Å². The van der Waals surface area contributed by atoms with Crippen LogP contribution in [0.5, 0.6) is 0 Å². The number of likely N-dealkylation sites (N-methyl/N-ethyl adjacent to an activating group) is 1. The number of aliphatic imine (C=N–C) groups is 1. The smallest absolute Gasteiger partial charge is 0.191 e. The average Bonchev–Trinajstić information content (AvgIpc) is 3.01. The molecule has 0 aliphatic heterocycles. The van der Waals surface area contributed by atoms with Crippen LogP contribution >= 0.6 is 0 Å². The van der Waals surface area contributed by atoms with E-state index in [1.165, 1.54) is 44.1 Å². The summed E-state index contributed by atoms with van der Waals surface area (Å²) in [5, 5.41) is 11.4. The summed E-state index contributed by atoms with van der Waals surface area (Å²) < 4.78 is 1.85. The summed E-state index contributed by atoms with van der Waals surface area (Å²) in [7, 11) is 8.01. The molecule has 1 atom stereocenters. The predicted molar refractivity (Wildman–Crippen MR) is 105 cm³/mol. The highest BCUT2D eigenvalue weighted by atomic mass is 15.3. The van der Waals surface area contributed by atoms with Crippen molar-refractivity contribution in [3.05, 3.63) is 18.0 Å². The largest absolute Gasteiger partial charge is 0.354 e. The van der Waals surface area contributed by atoms with Crippen molar-refractivity contribution in [1.82, 2.24) is 25.3 Å². The molecule has 1 aromatic rings. The highest BCUT2D eigenvalue weighted by molar-refractivity contribution is 5.80. The molecular formula is C19H36N6. The van der Waals surface area contributed by atoms with Gasteiger partial charge < -0.3 is 15.5 Å². The maximum Gasteiger partial charge on any atom is 0.191 e. The van der Waals surface area contributed by atoms with Crippen molar-refractivity contribution in [1.29, 1.82) is 0 Å². The second kappa shape index (κ2) is 9.80. The number of nitrogens with one attached hydrogen (secondary N) is 2. The van der Waals surface area contributed by atoms with E-state index in [-0.39, 0.29) is 6.04 Å². The maximum absolute atomic E-state index is 4.42. The van der Waals surface area contributed by atoms with Crippen LogP contribution in [0.1, 0.15) is 57.1 Å². The molecular weight excluding hydrogens is 312 g/mol. The van der Waals surface area contributed by atoms with Gasteiger partial charge in [0.1, 0.15) is 0 Å². The molecule has 1 heterocycles. The van der Waals surface area contributed by atoms with Crippen LogP contribution in [0.3, 0.4) is 0 Å². The molecule has 1 aliphatic rings. The molecule has 1 aliphatic carbocycles. The van der Waals surface area contributed by atoms with E-state index in [9.17, 15) is 0 Å². The number of rotatable bonds is 7. The van der Waals surface area contributed by atoms with Crippen molar-refractivity contribution in [2.24, 2.45) is 18.0 Å². The number of nitrogens with zero attached hydrogens (tertiary/aromatic N) is 4. The van der Waals surface area contributed by atoms with Crippen LogP contribution < -0.4 is 10.6 Å². The molecule has 2 N–H and O–H groups in total. The van der Waals surface area contributed by atoms with E-state index in [0.29, 0.717) is 6.04 Å². The van der Waals surface area contributed by atoms with E-state index < -0.39 is 0 Å². The Labute approximate surface area is 153 Å². The van der Waals surface area contributed by atoms with E-state index in [0.717, 1.165) is 18.4 Å². The Hall–Kier alpha value is -1.56. The molecule has 0 saturated heterocycles. The molecule has 1 aromatic heterocycles. The fourth-order valence-electron chi connectivity index (χ4n) is 3.80. The first-order valence-electron chi connectivity index (χ1n) is 9.65. The van der Waals surface area contributed by atoms with Crippen LogP contribution in [0.25, 0.3) is 0 Å². The summed E-state index contributed by atoms with van der Waals surface area (Å²) in [4.78, 5) is 6.64. The normalized spacial score (nSPS) is 22.9. The fraction of sp³-hybridized carbons (Fsp3) is 0.789. The minimum atomic E-state index is 0.271. The minimum absolute atomic E-state index is 0.271. The van der Waals surface area contributed by atoms with Gasteiger partial charge in [-0.25, -0.2) is 0 Å². The van der Waals surface area contributed by atoms with Crippen LogP contribution in [0.4, 0.5) is 0 Å². The van der Waals surface area contributed by atoms with Gasteiger partial charge >= 0.3 is 0 Å². The zero-order chi connectivity index (χ0) is 18.2. The van der Waals surface area contributed by atoms with Crippen molar-refractivity contribution in [3.63, 3.8) is 0 Å². The topological polar surface area (TPSA) is 57.5 Å². The lowest BCUT2D eigenvalue weighted by Crippen LogP contribution is -2.46. The van der Waals surface area contributed by atoms with E-state index in [4.69, 9.17) is 0 Å². The lowest BCUT2D eigenvalue weighted by Gasteiger charge is -2.31. The lowest BCUT2D eigenvalue weighted by atomic mass is 9.83. The van der Waals surface area contributed by atoms with Gasteiger partial charge in [-0.2, -0.15) is 5.10 Å². The molecule has 0 spiro atoms. The van der Waals surface area contributed by atoms with Gasteiger partial charge in [-0.3, -0.25) is 9.67 Å². The Morgan fingerprint density at radius 2 is 2.08 bits per heavy atom. The Morgan fingerprint density at radius 3 is 2.60 bits per heavy atom. The van der Waals surface area contributed by atoms with E-state index >= 15 is 0 Å². The summed E-state index contributed by atoms with van der Waals surface area (Å²) in [6.07, 6.45) is 11.9. The number of hydrogen-bond acceptors (Lipinski definition) is 3. The van der Waals surface area contributed by atoms with Crippen LogP contribution in [-0.4, -0.2) is 54.4 Å². The third-order valence-corrected chi connectivity index (χ3v) is 5.30. The number of guanidine groups is 1. The van der Waals surface area contributed by atoms with E-state index in [1.807, 2.05) is 25.0 Å². The molecule has 25 heavy (non-hydrogen) atoms. The first-order valence-corrected chi connectivity index (χ1v) is 9.65. The Bertz CT molecular complexity index is 528. The third kappa shape index (κ3) is 6.03. The van der Waals surface area contributed by atoms with Gasteiger partial charge in [0.05, 0.1) is 12.2 Å². The SMILES string of the molecule is CCCC1CCC(NC(=NC)NCC(c2cnn(C)c2)N(C)C)CC1. The van der Waals surface area contributed by atoms with Gasteiger partial charge in [0.15, 0.2) is 5.96 Å². The van der Waals surface area contributed by atoms with Crippen LogP contribution in [-0.2, 0) is 7.05 Å². The van der Waals surface area contributed by atoms with Crippen molar-refractivity contribution < 1.29 is 0 Å². The third-order valence-electron chi connectivity index (χ3n) is 5.30. The molecule has 0 amide bonds. The summed E-state index contributed by atoms with van der Waals surface area (Å²) in [6, 6.07) is 0.822. The monoisotopic (exact) mass is 348 g/mol. The van der Waals surface area contributed by atoms with Crippen LogP contribution in [0.2, 0.25) is 0 Å². The first-order chi connectivity index (χ1) is 12.0. The fourth-order valence-corrected chi connectivity index (χ4v) is 3.80. The Kier molecular flexibility index (Phi) is 7.75. The van der Waals surface area contributed by atoms with Crippen LogP contribution in [0.15, 0.2) is 17.4 Å². The number of aryl methyl sites for hydroxylation is 1. The standard InChI is InChI=1S/C19H36N6/c1-6-7-15-8-10-17(11-9-15)23-19(20-2)21-13-18(24(3)4)16-12-22-25(5)14-16/h12,14-15,17-18H,6-11,13H2,1-5H3,(H2,20,21,23). The highest BCUT2D eigenvalue weighted by Crippen LogP contribution is 2.27. The molecule has 0 aromatic carbocycles. The molecule has 0 bridgehead atoms. The zero-order valence-electron chi connectivity index (χ0n) is 16.6. The van der Waals surface area contributed by atoms with E-state index in [1.54, 1.807) is 0 Å².